The fraction of sp³-hybridized carbons (Fsp3) is 0.292. The molecule has 3 aromatic carbocycles. The molecule has 2 amide bonds. The van der Waals surface area contributed by atoms with E-state index in [-0.39, 0.29) is 23.5 Å². The average molecular weight is 453 g/mol. The Morgan fingerprint density at radius 2 is 1.78 bits per heavy atom. The van der Waals surface area contributed by atoms with Crippen molar-refractivity contribution in [3.8, 4) is 0 Å². The molecule has 3 N–H and O–H groups in total. The number of hydrazine groups is 1. The van der Waals surface area contributed by atoms with Crippen molar-refractivity contribution in [2.24, 2.45) is 0 Å². The largest absolute Gasteiger partial charge is 0.399 e. The first kappa shape index (κ1) is 22.1. The summed E-state index contributed by atoms with van der Waals surface area (Å²) in [5, 5.41) is 2.96. The number of nitrogens with zero attached hydrogens (tertiary/aromatic N) is 2. The van der Waals surface area contributed by atoms with E-state index < -0.39 is 10.0 Å². The van der Waals surface area contributed by atoms with Gasteiger partial charge < -0.3 is 10.6 Å². The molecule has 32 heavy (non-hydrogen) atoms. The lowest BCUT2D eigenvalue weighted by molar-refractivity contribution is 0.111. The molecule has 1 aliphatic rings. The molecular formula is C24H28N4O3S. The van der Waals surface area contributed by atoms with Crippen molar-refractivity contribution in [1.29, 1.82) is 0 Å². The van der Waals surface area contributed by atoms with Gasteiger partial charge in [0.2, 0.25) is 0 Å². The standard InChI is InChI=1S/C24H28N4O3S/c1-18-6-4-5-15-27(18)24(29)28(17-19-9-12-22(25)13-10-19)26-32(30,31)23-14-11-20-7-2-3-8-21(20)16-23/h2-3,7-14,16,18,26H,4-6,15,17,25H2,1H3. The lowest BCUT2D eigenvalue weighted by atomic mass is 10.0. The Balaban J connectivity index is 1.64. The van der Waals surface area contributed by atoms with Gasteiger partial charge in [0, 0.05) is 18.3 Å². The number of likely N-dealkylation sites (tertiary alicyclic amines) is 1. The van der Waals surface area contributed by atoms with Gasteiger partial charge >= 0.3 is 6.03 Å². The van der Waals surface area contributed by atoms with Crippen molar-refractivity contribution in [2.45, 2.75) is 43.7 Å². The van der Waals surface area contributed by atoms with E-state index in [4.69, 9.17) is 5.73 Å². The second-order valence-electron chi connectivity index (χ2n) is 8.25. The minimum absolute atomic E-state index is 0.0512. The zero-order valence-electron chi connectivity index (χ0n) is 18.1. The van der Waals surface area contributed by atoms with Gasteiger partial charge in [-0.15, -0.1) is 4.83 Å². The SMILES string of the molecule is CC1CCCCN1C(=O)N(Cc1ccc(N)cc1)NS(=O)(=O)c1ccc2ccccc2c1. The third-order valence-electron chi connectivity index (χ3n) is 5.86. The summed E-state index contributed by atoms with van der Waals surface area (Å²) in [6.45, 7) is 2.70. The van der Waals surface area contributed by atoms with Gasteiger partial charge in [0.1, 0.15) is 0 Å². The number of benzene rings is 3. The van der Waals surface area contributed by atoms with Crippen LogP contribution in [0.5, 0.6) is 0 Å². The fourth-order valence-corrected chi connectivity index (χ4v) is 5.08. The summed E-state index contributed by atoms with van der Waals surface area (Å²) >= 11 is 0. The molecule has 0 saturated carbocycles. The van der Waals surface area contributed by atoms with Crippen molar-refractivity contribution < 1.29 is 13.2 Å². The van der Waals surface area contributed by atoms with Gasteiger partial charge in [-0.3, -0.25) is 0 Å². The summed E-state index contributed by atoms with van der Waals surface area (Å²) < 4.78 is 26.5. The number of sulfonamides is 1. The maximum absolute atomic E-state index is 13.4. The second kappa shape index (κ2) is 9.18. The summed E-state index contributed by atoms with van der Waals surface area (Å²) in [7, 11) is -3.98. The molecule has 0 aromatic heterocycles. The van der Waals surface area contributed by atoms with E-state index in [1.807, 2.05) is 31.2 Å². The highest BCUT2D eigenvalue weighted by molar-refractivity contribution is 7.89. The third-order valence-corrected chi connectivity index (χ3v) is 7.20. The number of fused-ring (bicyclic) bond motifs is 1. The highest BCUT2D eigenvalue weighted by Gasteiger charge is 2.30. The molecule has 4 rings (SSSR count). The van der Waals surface area contributed by atoms with Gasteiger partial charge in [-0.25, -0.2) is 18.2 Å². The Morgan fingerprint density at radius 3 is 2.50 bits per heavy atom. The normalized spacial score (nSPS) is 16.8. The molecule has 3 aromatic rings. The molecule has 1 fully saturated rings. The van der Waals surface area contributed by atoms with Crippen LogP contribution in [0.2, 0.25) is 0 Å². The Labute approximate surface area is 188 Å². The van der Waals surface area contributed by atoms with Gasteiger partial charge in [0.25, 0.3) is 10.0 Å². The molecular weight excluding hydrogens is 424 g/mol. The van der Waals surface area contributed by atoms with Crippen LogP contribution < -0.4 is 10.6 Å². The van der Waals surface area contributed by atoms with Crippen LogP contribution in [0, 0.1) is 0 Å². The summed E-state index contributed by atoms with van der Waals surface area (Å²) in [6.07, 6.45) is 2.87. The molecule has 1 saturated heterocycles. The number of hydrogen-bond acceptors (Lipinski definition) is 4. The number of amides is 2. The first-order valence-corrected chi connectivity index (χ1v) is 12.3. The van der Waals surface area contributed by atoms with Crippen LogP contribution in [0.25, 0.3) is 10.8 Å². The van der Waals surface area contributed by atoms with Crippen LogP contribution in [-0.4, -0.2) is 36.9 Å². The van der Waals surface area contributed by atoms with E-state index in [0.29, 0.717) is 12.2 Å². The highest BCUT2D eigenvalue weighted by Crippen LogP contribution is 2.22. The molecule has 168 valence electrons. The number of carbonyl (C=O) groups excluding carboxylic acids is 1. The Morgan fingerprint density at radius 1 is 1.06 bits per heavy atom. The minimum atomic E-state index is -3.98. The highest BCUT2D eigenvalue weighted by atomic mass is 32.2. The molecule has 0 bridgehead atoms. The van der Waals surface area contributed by atoms with E-state index in [2.05, 4.69) is 4.83 Å². The van der Waals surface area contributed by atoms with Crippen LogP contribution in [0.15, 0.2) is 71.6 Å². The molecule has 7 nitrogen and oxygen atoms in total. The number of rotatable bonds is 5. The number of nitrogen functional groups attached to an aromatic ring is 1. The van der Waals surface area contributed by atoms with Crippen molar-refractivity contribution in [3.05, 3.63) is 72.3 Å². The molecule has 0 spiro atoms. The van der Waals surface area contributed by atoms with Gasteiger partial charge in [-0.2, -0.15) is 0 Å². The van der Waals surface area contributed by atoms with Crippen LogP contribution in [-0.2, 0) is 16.6 Å². The van der Waals surface area contributed by atoms with Crippen LogP contribution >= 0.6 is 0 Å². The maximum atomic E-state index is 13.4. The van der Waals surface area contributed by atoms with Gasteiger partial charge in [-0.1, -0.05) is 42.5 Å². The van der Waals surface area contributed by atoms with Crippen LogP contribution in [0.1, 0.15) is 31.7 Å². The number of carbonyl (C=O) groups is 1. The third kappa shape index (κ3) is 4.87. The van der Waals surface area contributed by atoms with Crippen molar-refractivity contribution >= 4 is 32.5 Å². The van der Waals surface area contributed by atoms with Gasteiger partial charge in [0.15, 0.2) is 0 Å². The summed E-state index contributed by atoms with van der Waals surface area (Å²) in [4.78, 5) is 17.8. The molecule has 0 radical (unpaired) electrons. The van der Waals surface area contributed by atoms with Crippen molar-refractivity contribution in [3.63, 3.8) is 0 Å². The predicted molar refractivity (Wildman–Crippen MR) is 126 cm³/mol. The monoisotopic (exact) mass is 452 g/mol. The molecule has 8 heteroatoms. The number of nitrogens with one attached hydrogen (secondary N) is 1. The number of piperidine rings is 1. The number of anilines is 1. The quantitative estimate of drug-likeness (QED) is 0.450. The molecule has 0 aliphatic carbocycles. The van der Waals surface area contributed by atoms with E-state index in [1.54, 1.807) is 47.4 Å². The predicted octanol–water partition coefficient (Wildman–Crippen LogP) is 4.11. The minimum Gasteiger partial charge on any atom is -0.399 e. The Bertz CT molecular complexity index is 1210. The van der Waals surface area contributed by atoms with Gasteiger partial charge in [-0.05, 0) is 66.8 Å². The lowest BCUT2D eigenvalue weighted by Crippen LogP contribution is -2.54. The molecule has 1 unspecified atom stereocenters. The average Bonchev–Trinajstić information content (AvgIpc) is 2.79. The van der Waals surface area contributed by atoms with E-state index in [9.17, 15) is 13.2 Å². The zero-order valence-corrected chi connectivity index (χ0v) is 18.9. The number of nitrogens with two attached hydrogens (primary N) is 1. The summed E-state index contributed by atoms with van der Waals surface area (Å²) in [6, 6.07) is 19.2. The lowest BCUT2D eigenvalue weighted by Gasteiger charge is -2.37. The molecule has 1 heterocycles. The second-order valence-corrected chi connectivity index (χ2v) is 9.91. The van der Waals surface area contributed by atoms with E-state index >= 15 is 0 Å². The van der Waals surface area contributed by atoms with Crippen molar-refractivity contribution in [1.82, 2.24) is 14.7 Å². The van der Waals surface area contributed by atoms with E-state index in [1.165, 1.54) is 5.01 Å². The summed E-state index contributed by atoms with van der Waals surface area (Å²) in [5.41, 5.74) is 7.16. The van der Waals surface area contributed by atoms with Crippen molar-refractivity contribution in [2.75, 3.05) is 12.3 Å². The molecule has 1 atom stereocenters. The topological polar surface area (TPSA) is 95.7 Å². The Hall–Kier alpha value is -3.10. The summed E-state index contributed by atoms with van der Waals surface area (Å²) in [5.74, 6) is 0. The molecule has 1 aliphatic heterocycles. The number of hydrogen-bond donors (Lipinski definition) is 2. The van der Waals surface area contributed by atoms with Crippen LogP contribution in [0.4, 0.5) is 10.5 Å². The number of urea groups is 1. The first-order chi connectivity index (χ1) is 15.3. The van der Waals surface area contributed by atoms with Crippen LogP contribution in [0.3, 0.4) is 0 Å². The maximum Gasteiger partial charge on any atom is 0.335 e. The van der Waals surface area contributed by atoms with E-state index in [0.717, 1.165) is 35.6 Å². The fourth-order valence-electron chi connectivity index (χ4n) is 4.01. The smallest absolute Gasteiger partial charge is 0.335 e. The Kier molecular flexibility index (Phi) is 6.34. The first-order valence-electron chi connectivity index (χ1n) is 10.8. The van der Waals surface area contributed by atoms with Gasteiger partial charge in [0.05, 0.1) is 11.4 Å². The zero-order chi connectivity index (χ0) is 22.7.